The van der Waals surface area contributed by atoms with Gasteiger partial charge in [-0.2, -0.15) is 0 Å². The summed E-state index contributed by atoms with van der Waals surface area (Å²) in [6.07, 6.45) is 1.60. The lowest BCUT2D eigenvalue weighted by Crippen LogP contribution is -2.56. The zero-order chi connectivity index (χ0) is 40.3. The number of carbonyl (C=O) groups excluding carboxylic acids is 2. The van der Waals surface area contributed by atoms with Crippen LogP contribution in [0.25, 0.3) is 0 Å². The first kappa shape index (κ1) is 44.7. The Morgan fingerprint density at radius 2 is 1.53 bits per heavy atom. The Morgan fingerprint density at radius 3 is 2.11 bits per heavy atom. The Kier molecular flexibility index (Phi) is 18.9. The molecule has 3 aromatic carbocycles. The van der Waals surface area contributed by atoms with Crippen LogP contribution in [0.1, 0.15) is 56.4 Å². The minimum atomic E-state index is -1.10. The number of aliphatic carboxylic acids is 1. The number of rotatable bonds is 20. The Hall–Kier alpha value is -4.69. The summed E-state index contributed by atoms with van der Waals surface area (Å²) in [6, 6.07) is 19.0. The monoisotopic (exact) mass is 765 g/mol. The molecule has 4 atom stereocenters. The maximum absolute atomic E-state index is 13.5. The summed E-state index contributed by atoms with van der Waals surface area (Å²) in [5.74, 6) is -0.148. The van der Waals surface area contributed by atoms with E-state index in [4.69, 9.17) is 23.7 Å². The summed E-state index contributed by atoms with van der Waals surface area (Å²) in [7, 11) is 4.74. The van der Waals surface area contributed by atoms with Gasteiger partial charge in [0.2, 0.25) is 5.91 Å². The van der Waals surface area contributed by atoms with Crippen LogP contribution in [0, 0.1) is 0 Å². The maximum atomic E-state index is 13.5. The number of nitrogens with zero attached hydrogens (tertiary/aromatic N) is 1. The van der Waals surface area contributed by atoms with Gasteiger partial charge in [0.1, 0.15) is 30.5 Å². The highest BCUT2D eigenvalue weighted by atomic mass is 16.5. The van der Waals surface area contributed by atoms with Crippen LogP contribution >= 0.6 is 0 Å². The SMILES string of the molecule is CCOC(=O)[C@H](CCc1ccccc1)N[C@@H](C)C(=O)N1Cc2cc(OC)c(OC)cc2C[C@H]1C(=O)O.COCCc1ccc(OCC(O)CNC(C)C)cc1. The van der Waals surface area contributed by atoms with E-state index >= 15 is 0 Å². The molecule has 0 radical (unpaired) electrons. The third-order valence-corrected chi connectivity index (χ3v) is 9.08. The van der Waals surface area contributed by atoms with E-state index in [0.717, 1.165) is 35.5 Å². The first-order chi connectivity index (χ1) is 26.4. The molecule has 1 aliphatic heterocycles. The van der Waals surface area contributed by atoms with Gasteiger partial charge in [0.25, 0.3) is 0 Å². The lowest BCUT2D eigenvalue weighted by molar-refractivity contribution is -0.153. The second-order valence-electron chi connectivity index (χ2n) is 13.6. The first-order valence-electron chi connectivity index (χ1n) is 18.8. The molecule has 0 saturated carbocycles. The van der Waals surface area contributed by atoms with Gasteiger partial charge in [0.05, 0.1) is 33.5 Å². The minimum Gasteiger partial charge on any atom is -0.493 e. The van der Waals surface area contributed by atoms with Gasteiger partial charge in [-0.15, -0.1) is 0 Å². The van der Waals surface area contributed by atoms with Gasteiger partial charge in [0.15, 0.2) is 11.5 Å². The zero-order valence-electron chi connectivity index (χ0n) is 33.2. The minimum absolute atomic E-state index is 0.103. The van der Waals surface area contributed by atoms with E-state index in [1.165, 1.54) is 24.7 Å². The number of hydrogen-bond acceptors (Lipinski definition) is 11. The van der Waals surface area contributed by atoms with E-state index in [1.54, 1.807) is 33.1 Å². The Balaban J connectivity index is 0.000000360. The molecule has 1 aliphatic rings. The maximum Gasteiger partial charge on any atom is 0.326 e. The van der Waals surface area contributed by atoms with Crippen molar-refractivity contribution in [2.45, 2.75) is 90.2 Å². The highest BCUT2D eigenvalue weighted by Gasteiger charge is 2.38. The number of aryl methyl sites for hydroxylation is 1. The third kappa shape index (κ3) is 14.5. The van der Waals surface area contributed by atoms with E-state index in [-0.39, 0.29) is 19.6 Å². The molecule has 0 aromatic heterocycles. The van der Waals surface area contributed by atoms with Crippen LogP contribution < -0.4 is 24.8 Å². The van der Waals surface area contributed by atoms with Crippen molar-refractivity contribution in [3.63, 3.8) is 0 Å². The van der Waals surface area contributed by atoms with Crippen LogP contribution in [0.3, 0.4) is 0 Å². The zero-order valence-corrected chi connectivity index (χ0v) is 33.2. The second kappa shape index (κ2) is 23.3. The molecule has 4 N–H and O–H groups in total. The predicted octanol–water partition coefficient (Wildman–Crippen LogP) is 4.20. The molecule has 1 amide bonds. The molecule has 0 bridgehead atoms. The largest absolute Gasteiger partial charge is 0.493 e. The van der Waals surface area contributed by atoms with Crippen LogP contribution in [0.2, 0.25) is 0 Å². The molecule has 1 unspecified atom stereocenters. The van der Waals surface area contributed by atoms with Crippen LogP contribution in [-0.2, 0) is 49.7 Å². The highest BCUT2D eigenvalue weighted by Crippen LogP contribution is 2.35. The fourth-order valence-electron chi connectivity index (χ4n) is 6.05. The summed E-state index contributed by atoms with van der Waals surface area (Å²) >= 11 is 0. The van der Waals surface area contributed by atoms with E-state index in [1.807, 2.05) is 68.4 Å². The van der Waals surface area contributed by atoms with Crippen molar-refractivity contribution in [2.75, 3.05) is 47.7 Å². The molecule has 3 aromatic rings. The summed E-state index contributed by atoms with van der Waals surface area (Å²) in [6.45, 7) is 9.36. The Labute approximate surface area is 325 Å². The van der Waals surface area contributed by atoms with Crippen LogP contribution in [0.4, 0.5) is 0 Å². The quantitative estimate of drug-likeness (QED) is 0.122. The Bertz CT molecular complexity index is 1620. The van der Waals surface area contributed by atoms with Gasteiger partial charge in [-0.25, -0.2) is 4.79 Å². The van der Waals surface area contributed by atoms with Crippen molar-refractivity contribution in [3.8, 4) is 17.2 Å². The average Bonchev–Trinajstić information content (AvgIpc) is 3.19. The topological polar surface area (TPSA) is 165 Å². The fraction of sp³-hybridized carbons (Fsp3) is 0.500. The van der Waals surface area contributed by atoms with Gasteiger partial charge >= 0.3 is 11.9 Å². The van der Waals surface area contributed by atoms with Gasteiger partial charge in [-0.3, -0.25) is 14.9 Å². The van der Waals surface area contributed by atoms with Crippen LogP contribution in [0.15, 0.2) is 66.7 Å². The second-order valence-corrected chi connectivity index (χ2v) is 13.6. The summed E-state index contributed by atoms with van der Waals surface area (Å²) < 4.78 is 26.5. The molecule has 0 aliphatic carbocycles. The highest BCUT2D eigenvalue weighted by molar-refractivity contribution is 5.88. The van der Waals surface area contributed by atoms with Crippen molar-refractivity contribution in [1.82, 2.24) is 15.5 Å². The van der Waals surface area contributed by atoms with E-state index < -0.39 is 42.1 Å². The molecular weight excluding hydrogens is 706 g/mol. The fourth-order valence-corrected chi connectivity index (χ4v) is 6.05. The van der Waals surface area contributed by atoms with Gasteiger partial charge in [-0.1, -0.05) is 56.3 Å². The molecule has 55 heavy (non-hydrogen) atoms. The molecule has 0 spiro atoms. The number of benzene rings is 3. The lowest BCUT2D eigenvalue weighted by Gasteiger charge is -2.37. The van der Waals surface area contributed by atoms with Gasteiger partial charge in [-0.05, 0) is 79.6 Å². The Morgan fingerprint density at radius 1 is 0.891 bits per heavy atom. The molecule has 13 nitrogen and oxygen atoms in total. The number of carboxylic acids is 1. The third-order valence-electron chi connectivity index (χ3n) is 9.08. The van der Waals surface area contributed by atoms with E-state index in [0.29, 0.717) is 43.5 Å². The van der Waals surface area contributed by atoms with Crippen molar-refractivity contribution in [2.24, 2.45) is 0 Å². The molecule has 0 saturated heterocycles. The van der Waals surface area contributed by atoms with Crippen molar-refractivity contribution >= 4 is 17.8 Å². The standard InChI is InChI=1S/C27H34N2O7.C15H25NO3/c1-5-36-27(33)21(12-11-18-9-7-6-8-10-18)28-17(2)25(30)29-16-20-15-24(35-4)23(34-3)14-19(20)13-22(29)26(31)32;1-12(2)16-10-14(17)11-19-15-6-4-13(5-7-15)8-9-18-3/h6-10,14-15,17,21-22,28H,5,11-13,16H2,1-4H3,(H,31,32);4-7,12,14,16-17H,8-11H2,1-3H3/t17-,21-,22-;/m0./s1. The number of ether oxygens (including phenoxy) is 5. The van der Waals surface area contributed by atoms with E-state index in [2.05, 4.69) is 10.6 Å². The normalized spacial score (nSPS) is 15.1. The van der Waals surface area contributed by atoms with Gasteiger partial charge in [0, 0.05) is 32.7 Å². The number of amides is 1. The number of nitrogens with one attached hydrogen (secondary N) is 2. The number of aliphatic hydroxyl groups excluding tert-OH is 1. The molecular formula is C42H59N3O10. The van der Waals surface area contributed by atoms with Crippen molar-refractivity contribution in [1.29, 1.82) is 0 Å². The predicted molar refractivity (Wildman–Crippen MR) is 210 cm³/mol. The van der Waals surface area contributed by atoms with Crippen LogP contribution in [-0.4, -0.2) is 111 Å². The van der Waals surface area contributed by atoms with E-state index in [9.17, 15) is 24.6 Å². The first-order valence-corrected chi connectivity index (χ1v) is 18.8. The average molecular weight is 766 g/mol. The van der Waals surface area contributed by atoms with Crippen molar-refractivity contribution < 1.29 is 48.3 Å². The summed E-state index contributed by atoms with van der Waals surface area (Å²) in [5, 5.41) is 25.9. The van der Waals surface area contributed by atoms with Crippen LogP contribution in [0.5, 0.6) is 17.2 Å². The molecule has 302 valence electrons. The number of fused-ring (bicyclic) bond motifs is 1. The molecule has 0 fully saturated rings. The lowest BCUT2D eigenvalue weighted by atomic mass is 9.92. The summed E-state index contributed by atoms with van der Waals surface area (Å²) in [5.41, 5.74) is 3.86. The summed E-state index contributed by atoms with van der Waals surface area (Å²) in [4.78, 5) is 39.6. The number of aliphatic hydroxyl groups is 1. The number of methoxy groups -OCH3 is 3. The molecule has 1 heterocycles. The molecule has 4 rings (SSSR count). The number of esters is 1. The number of hydrogen-bond donors (Lipinski definition) is 4. The number of carboxylic acid groups (broad SMARTS) is 1. The van der Waals surface area contributed by atoms with Gasteiger partial charge < -0.3 is 44.1 Å². The number of carbonyl (C=O) groups is 3. The molecule has 13 heteroatoms. The van der Waals surface area contributed by atoms with Crippen molar-refractivity contribution in [3.05, 3.63) is 89.0 Å². The smallest absolute Gasteiger partial charge is 0.326 e.